The van der Waals surface area contributed by atoms with Crippen molar-refractivity contribution in [2.75, 3.05) is 14.1 Å². The molecule has 206 valence electrons. The van der Waals surface area contributed by atoms with E-state index in [0.29, 0.717) is 19.3 Å². The van der Waals surface area contributed by atoms with Gasteiger partial charge in [0.2, 0.25) is 0 Å². The molecule has 2 heterocycles. The summed E-state index contributed by atoms with van der Waals surface area (Å²) in [6, 6.07) is -0.161. The first kappa shape index (κ1) is 30.6. The average Bonchev–Trinajstić information content (AvgIpc) is 2.83. The maximum atomic E-state index is 13.5. The zero-order valence-electron chi connectivity index (χ0n) is 23.5. The minimum atomic E-state index is -0.962. The van der Waals surface area contributed by atoms with E-state index in [2.05, 4.69) is 0 Å². The smallest absolute Gasteiger partial charge is 0.316 e. The van der Waals surface area contributed by atoms with Gasteiger partial charge in [0.1, 0.15) is 18.1 Å². The van der Waals surface area contributed by atoms with Gasteiger partial charge in [-0.2, -0.15) is 0 Å². The number of carbonyl (C=O) groups excluding carboxylic acids is 3. The second kappa shape index (κ2) is 13.3. The van der Waals surface area contributed by atoms with Crippen LogP contribution in [0.3, 0.4) is 0 Å². The number of likely N-dealkylation sites (N-methyl/N-ethyl adjacent to an activating group) is 1. The monoisotopic (exact) mass is 509 g/mol. The maximum absolute atomic E-state index is 13.5. The Balaban J connectivity index is 2.40. The van der Waals surface area contributed by atoms with Crippen LogP contribution in [0.4, 0.5) is 0 Å². The molecule has 0 saturated carbocycles. The first-order chi connectivity index (χ1) is 16.8. The van der Waals surface area contributed by atoms with Crippen molar-refractivity contribution in [3.05, 3.63) is 12.2 Å². The predicted molar refractivity (Wildman–Crippen MR) is 137 cm³/mol. The molecule has 8 nitrogen and oxygen atoms in total. The number of ketones is 2. The van der Waals surface area contributed by atoms with Crippen LogP contribution < -0.4 is 0 Å². The summed E-state index contributed by atoms with van der Waals surface area (Å²) >= 11 is 0. The molecule has 2 aliphatic heterocycles. The predicted octanol–water partition coefficient (Wildman–Crippen LogP) is 3.40. The van der Waals surface area contributed by atoms with Gasteiger partial charge in [-0.1, -0.05) is 40.7 Å². The zero-order valence-corrected chi connectivity index (χ0v) is 23.5. The van der Waals surface area contributed by atoms with Crippen molar-refractivity contribution >= 4 is 17.5 Å². The number of aliphatic hydroxyl groups excluding tert-OH is 1. The van der Waals surface area contributed by atoms with Crippen LogP contribution in [0.1, 0.15) is 67.7 Å². The molecule has 0 aromatic heterocycles. The van der Waals surface area contributed by atoms with Crippen molar-refractivity contribution in [2.24, 2.45) is 29.6 Å². The molecule has 0 spiro atoms. The van der Waals surface area contributed by atoms with E-state index in [9.17, 15) is 19.5 Å². The van der Waals surface area contributed by atoms with Crippen LogP contribution in [0.5, 0.6) is 0 Å². The van der Waals surface area contributed by atoms with Gasteiger partial charge >= 0.3 is 5.97 Å². The molecule has 1 fully saturated rings. The Hall–Kier alpha value is -1.61. The lowest BCUT2D eigenvalue weighted by atomic mass is 9.80. The summed E-state index contributed by atoms with van der Waals surface area (Å²) in [4.78, 5) is 41.2. The quantitative estimate of drug-likeness (QED) is 0.454. The molecule has 8 heteroatoms. The van der Waals surface area contributed by atoms with Crippen LogP contribution in [-0.4, -0.2) is 78.4 Å². The molecule has 36 heavy (non-hydrogen) atoms. The fraction of sp³-hybridized carbons (Fsp3) is 0.821. The fourth-order valence-corrected chi connectivity index (χ4v) is 5.38. The van der Waals surface area contributed by atoms with E-state index in [1.165, 1.54) is 0 Å². The van der Waals surface area contributed by atoms with Crippen LogP contribution in [0, 0.1) is 29.6 Å². The normalized spacial score (nSPS) is 42.6. The highest BCUT2D eigenvalue weighted by atomic mass is 16.7. The van der Waals surface area contributed by atoms with E-state index >= 15 is 0 Å². The van der Waals surface area contributed by atoms with E-state index in [4.69, 9.17) is 14.2 Å². The molecule has 0 aromatic rings. The number of nitrogens with zero attached hydrogens (tertiary/aromatic N) is 1. The summed E-state index contributed by atoms with van der Waals surface area (Å²) in [5, 5.41) is 11.0. The highest BCUT2D eigenvalue weighted by Gasteiger charge is 2.43. The van der Waals surface area contributed by atoms with Gasteiger partial charge in [-0.25, -0.2) is 0 Å². The van der Waals surface area contributed by atoms with E-state index in [-0.39, 0.29) is 41.5 Å². The number of hydrogen-bond acceptors (Lipinski definition) is 8. The molecule has 2 aliphatic rings. The maximum Gasteiger partial charge on any atom is 0.316 e. The lowest BCUT2D eigenvalue weighted by Crippen LogP contribution is -2.56. The summed E-state index contributed by atoms with van der Waals surface area (Å²) in [5.41, 5.74) is 0. The molecular weight excluding hydrogens is 462 g/mol. The third-order valence-electron chi connectivity index (χ3n) is 7.88. The van der Waals surface area contributed by atoms with Gasteiger partial charge in [-0.05, 0) is 59.2 Å². The lowest BCUT2D eigenvalue weighted by molar-refractivity contribution is -0.278. The van der Waals surface area contributed by atoms with Crippen LogP contribution in [0.2, 0.25) is 0 Å². The van der Waals surface area contributed by atoms with Crippen molar-refractivity contribution in [3.8, 4) is 0 Å². The summed E-state index contributed by atoms with van der Waals surface area (Å²) in [6.45, 7) is 12.9. The van der Waals surface area contributed by atoms with Gasteiger partial charge in [0.05, 0.1) is 12.2 Å². The van der Waals surface area contributed by atoms with Crippen molar-refractivity contribution in [1.29, 1.82) is 0 Å². The van der Waals surface area contributed by atoms with Crippen LogP contribution in [0.25, 0.3) is 0 Å². The molecule has 0 bridgehead atoms. The van der Waals surface area contributed by atoms with E-state index < -0.39 is 42.4 Å². The summed E-state index contributed by atoms with van der Waals surface area (Å²) in [5.74, 6) is -3.16. The van der Waals surface area contributed by atoms with Crippen LogP contribution >= 0.6 is 0 Å². The highest BCUT2D eigenvalue weighted by molar-refractivity contribution is 6.00. The molecule has 0 aromatic carbocycles. The summed E-state index contributed by atoms with van der Waals surface area (Å²) < 4.78 is 18.1. The van der Waals surface area contributed by atoms with Crippen molar-refractivity contribution < 1.29 is 33.7 Å². The highest BCUT2D eigenvalue weighted by Crippen LogP contribution is 2.32. The van der Waals surface area contributed by atoms with Gasteiger partial charge < -0.3 is 24.2 Å². The minimum absolute atomic E-state index is 0.0201. The zero-order chi connectivity index (χ0) is 27.3. The molecule has 2 rings (SSSR count). The molecule has 11 atom stereocenters. The molecular formula is C28H47NO7. The van der Waals surface area contributed by atoms with Gasteiger partial charge in [0, 0.05) is 23.8 Å². The largest absolute Gasteiger partial charge is 0.461 e. The molecule has 1 N–H and O–H groups in total. The van der Waals surface area contributed by atoms with Gasteiger partial charge in [-0.15, -0.1) is 0 Å². The minimum Gasteiger partial charge on any atom is -0.461 e. The SMILES string of the molecule is CC[C@H]1OC(=O)[C@H](C)C(=O)[C@H](C)[C@@H](O[C@H]2OC(C)CC(N(C)C)C2O)[C@@H](C)C[C@@H](C)C(=O)/C=C/[C@H]1C. The Morgan fingerprint density at radius 2 is 1.69 bits per heavy atom. The number of esters is 1. The average molecular weight is 510 g/mol. The van der Waals surface area contributed by atoms with Gasteiger partial charge in [0.25, 0.3) is 0 Å². The van der Waals surface area contributed by atoms with Crippen molar-refractivity contribution in [1.82, 2.24) is 4.90 Å². The number of cyclic esters (lactones) is 1. The Kier molecular flexibility index (Phi) is 11.3. The molecule has 3 unspecified atom stereocenters. The third kappa shape index (κ3) is 7.46. The Labute approximate surface area is 216 Å². The number of rotatable bonds is 4. The fourth-order valence-electron chi connectivity index (χ4n) is 5.38. The molecule has 0 radical (unpaired) electrons. The summed E-state index contributed by atoms with van der Waals surface area (Å²) in [7, 11) is 3.80. The number of aliphatic hydroxyl groups is 1. The number of carbonyl (C=O) groups is 3. The Morgan fingerprint density at radius 1 is 1.06 bits per heavy atom. The first-order valence-electron chi connectivity index (χ1n) is 13.4. The molecule has 1 saturated heterocycles. The molecule has 0 amide bonds. The summed E-state index contributed by atoms with van der Waals surface area (Å²) in [6.07, 6.45) is 2.02. The number of Topliss-reactive ketones (excluding diaryl/α,β-unsaturated/α-hetero) is 1. The molecule has 0 aliphatic carbocycles. The van der Waals surface area contributed by atoms with E-state index in [0.717, 1.165) is 0 Å². The topological polar surface area (TPSA) is 102 Å². The lowest BCUT2D eigenvalue weighted by Gasteiger charge is -2.43. The number of allylic oxidation sites excluding steroid dienone is 1. The van der Waals surface area contributed by atoms with E-state index in [1.807, 2.05) is 53.6 Å². The van der Waals surface area contributed by atoms with Crippen LogP contribution in [-0.2, 0) is 28.6 Å². The standard InChI is InChI=1S/C28H47NO7/c1-10-23-15(2)11-12-22(30)16(3)13-17(4)26(19(6)24(31)20(7)27(33)35-23)36-28-25(32)21(29(8)9)14-18(5)34-28/h11-12,15-21,23,25-26,28,32H,10,13-14H2,1-9H3/b12-11+/t15-,16-,17+,18?,19+,20-,21?,23-,25?,26+,28-/m1/s1. The van der Waals surface area contributed by atoms with E-state index in [1.54, 1.807) is 26.0 Å². The van der Waals surface area contributed by atoms with Crippen molar-refractivity contribution in [3.63, 3.8) is 0 Å². The Bertz CT molecular complexity index is 797. The first-order valence-corrected chi connectivity index (χ1v) is 13.4. The second-order valence-electron chi connectivity index (χ2n) is 11.2. The van der Waals surface area contributed by atoms with Crippen molar-refractivity contribution in [2.45, 2.75) is 104 Å². The second-order valence-corrected chi connectivity index (χ2v) is 11.2. The van der Waals surface area contributed by atoms with Crippen LogP contribution in [0.15, 0.2) is 12.2 Å². The number of ether oxygens (including phenoxy) is 3. The number of hydrogen-bond donors (Lipinski definition) is 1. The van der Waals surface area contributed by atoms with Gasteiger partial charge in [0.15, 0.2) is 17.9 Å². The Morgan fingerprint density at radius 3 is 2.28 bits per heavy atom. The van der Waals surface area contributed by atoms with Gasteiger partial charge in [-0.3, -0.25) is 14.4 Å². The third-order valence-corrected chi connectivity index (χ3v) is 7.88.